The molecule has 0 aliphatic carbocycles. The van der Waals surface area contributed by atoms with Crippen LogP contribution in [0.5, 0.6) is 0 Å². The molecule has 9 heteroatoms. The summed E-state index contributed by atoms with van der Waals surface area (Å²) in [5.74, 6) is 0. The van der Waals surface area contributed by atoms with Gasteiger partial charge in [-0.2, -0.15) is 4.98 Å². The zero-order valence-corrected chi connectivity index (χ0v) is 13.4. The molecule has 0 aliphatic heterocycles. The Morgan fingerprint density at radius 3 is 2.65 bits per heavy atom. The predicted octanol–water partition coefficient (Wildman–Crippen LogP) is 1.36. The molecule has 0 saturated heterocycles. The standard InChI is InChI=1S/C11H12BrN3O4S/c1-11(2,3)19-15-8-6(4-7(12)9(15)16)5-13-10(14-8)20(17)18/h4-5H,1-3H3,(H,17,18). The van der Waals surface area contributed by atoms with Gasteiger partial charge in [0.25, 0.3) is 5.56 Å². The van der Waals surface area contributed by atoms with E-state index in [1.165, 1.54) is 12.3 Å². The number of pyridine rings is 1. The summed E-state index contributed by atoms with van der Waals surface area (Å²) in [7, 11) is 0. The largest absolute Gasteiger partial charge is 0.403 e. The van der Waals surface area contributed by atoms with Crippen LogP contribution >= 0.6 is 15.9 Å². The zero-order valence-electron chi connectivity index (χ0n) is 11.0. The van der Waals surface area contributed by atoms with Crippen LogP contribution in [0.1, 0.15) is 20.8 Å². The summed E-state index contributed by atoms with van der Waals surface area (Å²) < 4.78 is 21.4. The average molecular weight is 362 g/mol. The Morgan fingerprint density at radius 1 is 1.45 bits per heavy atom. The van der Waals surface area contributed by atoms with Crippen molar-refractivity contribution in [3.8, 4) is 0 Å². The fourth-order valence-corrected chi connectivity index (χ4v) is 2.18. The molecule has 1 unspecified atom stereocenters. The number of aromatic nitrogens is 3. The molecule has 2 aromatic heterocycles. The molecule has 2 heterocycles. The molecule has 0 bridgehead atoms. The van der Waals surface area contributed by atoms with Crippen LogP contribution in [-0.4, -0.2) is 29.1 Å². The Bertz CT molecular complexity index is 754. The Balaban J connectivity index is 2.79. The Labute approximate surface area is 125 Å². The lowest BCUT2D eigenvalue weighted by molar-refractivity contribution is -0.0147. The summed E-state index contributed by atoms with van der Waals surface area (Å²) in [6, 6.07) is 1.53. The molecule has 2 rings (SSSR count). The molecule has 2 aromatic rings. The van der Waals surface area contributed by atoms with Crippen LogP contribution in [0, 0.1) is 0 Å². The second-order valence-corrected chi connectivity index (χ2v) is 6.69. The molecule has 0 spiro atoms. The highest BCUT2D eigenvalue weighted by Crippen LogP contribution is 2.16. The van der Waals surface area contributed by atoms with Gasteiger partial charge in [0.05, 0.1) is 4.47 Å². The lowest BCUT2D eigenvalue weighted by Gasteiger charge is -2.22. The van der Waals surface area contributed by atoms with Gasteiger partial charge in [0.15, 0.2) is 5.65 Å². The van der Waals surface area contributed by atoms with Gasteiger partial charge >= 0.3 is 0 Å². The summed E-state index contributed by atoms with van der Waals surface area (Å²) in [4.78, 5) is 25.4. The summed E-state index contributed by atoms with van der Waals surface area (Å²) in [6.07, 6.45) is 1.36. The maximum absolute atomic E-state index is 12.1. The molecule has 0 fully saturated rings. The van der Waals surface area contributed by atoms with E-state index in [0.717, 1.165) is 4.73 Å². The van der Waals surface area contributed by atoms with Crippen LogP contribution in [-0.2, 0) is 11.1 Å². The molecule has 0 aliphatic rings. The molecule has 7 nitrogen and oxygen atoms in total. The van der Waals surface area contributed by atoms with Crippen molar-refractivity contribution >= 4 is 38.0 Å². The van der Waals surface area contributed by atoms with Crippen molar-refractivity contribution in [2.75, 3.05) is 0 Å². The van der Waals surface area contributed by atoms with Gasteiger partial charge in [-0.1, -0.05) is 0 Å². The fraction of sp³-hybridized carbons (Fsp3) is 0.364. The van der Waals surface area contributed by atoms with E-state index in [1.807, 2.05) is 0 Å². The Hall–Kier alpha value is -1.32. The van der Waals surface area contributed by atoms with E-state index in [0.29, 0.717) is 5.39 Å². The first-order chi connectivity index (χ1) is 9.19. The van der Waals surface area contributed by atoms with Gasteiger partial charge in [-0.15, -0.1) is 4.73 Å². The highest BCUT2D eigenvalue weighted by Gasteiger charge is 2.19. The van der Waals surface area contributed by atoms with Gasteiger partial charge in [-0.3, -0.25) is 9.35 Å². The first-order valence-electron chi connectivity index (χ1n) is 5.58. The van der Waals surface area contributed by atoms with Crippen LogP contribution in [0.4, 0.5) is 0 Å². The monoisotopic (exact) mass is 361 g/mol. The molecule has 0 radical (unpaired) electrons. The molecule has 20 heavy (non-hydrogen) atoms. The second-order valence-electron chi connectivity index (χ2n) is 4.98. The molecule has 0 amide bonds. The molecule has 108 valence electrons. The van der Waals surface area contributed by atoms with Crippen molar-refractivity contribution in [3.05, 3.63) is 27.1 Å². The second kappa shape index (κ2) is 5.23. The van der Waals surface area contributed by atoms with Crippen molar-refractivity contribution in [1.82, 2.24) is 14.7 Å². The van der Waals surface area contributed by atoms with Crippen molar-refractivity contribution in [2.45, 2.75) is 31.5 Å². The minimum atomic E-state index is -2.33. The van der Waals surface area contributed by atoms with Gasteiger partial charge in [-0.25, -0.2) is 9.19 Å². The normalized spacial score (nSPS) is 13.4. The topological polar surface area (TPSA) is 94.3 Å². The molecule has 1 atom stereocenters. The van der Waals surface area contributed by atoms with Crippen LogP contribution < -0.4 is 10.4 Å². The maximum Gasteiger partial charge on any atom is 0.299 e. The van der Waals surface area contributed by atoms with Crippen molar-refractivity contribution in [3.63, 3.8) is 0 Å². The fourth-order valence-electron chi connectivity index (χ4n) is 1.47. The Morgan fingerprint density at radius 2 is 2.10 bits per heavy atom. The van der Waals surface area contributed by atoms with E-state index >= 15 is 0 Å². The van der Waals surface area contributed by atoms with Crippen LogP contribution in [0.25, 0.3) is 11.0 Å². The first kappa shape index (κ1) is 15.1. The smallest absolute Gasteiger partial charge is 0.299 e. The highest BCUT2D eigenvalue weighted by atomic mass is 79.9. The van der Waals surface area contributed by atoms with Gasteiger partial charge < -0.3 is 4.84 Å². The van der Waals surface area contributed by atoms with E-state index in [4.69, 9.17) is 9.39 Å². The molecule has 0 aromatic carbocycles. The van der Waals surface area contributed by atoms with Gasteiger partial charge in [0.1, 0.15) is 5.60 Å². The highest BCUT2D eigenvalue weighted by molar-refractivity contribution is 9.10. The third-order valence-corrected chi connectivity index (χ3v) is 3.24. The summed E-state index contributed by atoms with van der Waals surface area (Å²) >= 11 is 0.811. The number of halogens is 1. The molecule has 0 saturated carbocycles. The zero-order chi connectivity index (χ0) is 15.1. The SMILES string of the molecule is CC(C)(C)On1c(=O)c(Br)cc2cnc(S(=O)O)nc21. The maximum atomic E-state index is 12.1. The summed E-state index contributed by atoms with van der Waals surface area (Å²) in [5, 5.41) is 0.223. The van der Waals surface area contributed by atoms with Crippen molar-refractivity contribution in [2.24, 2.45) is 0 Å². The molecule has 1 N–H and O–H groups in total. The van der Waals surface area contributed by atoms with Gasteiger partial charge in [0.2, 0.25) is 16.2 Å². The average Bonchev–Trinajstić information content (AvgIpc) is 2.33. The lowest BCUT2D eigenvalue weighted by atomic mass is 10.2. The van der Waals surface area contributed by atoms with E-state index in [-0.39, 0.29) is 15.3 Å². The number of hydrogen-bond acceptors (Lipinski definition) is 5. The summed E-state index contributed by atoms with van der Waals surface area (Å²) in [6.45, 7) is 5.33. The molecular formula is C11H12BrN3O4S. The van der Waals surface area contributed by atoms with Crippen LogP contribution in [0.15, 0.2) is 26.7 Å². The van der Waals surface area contributed by atoms with Crippen LogP contribution in [0.3, 0.4) is 0 Å². The minimum Gasteiger partial charge on any atom is -0.403 e. The van der Waals surface area contributed by atoms with E-state index in [2.05, 4.69) is 25.9 Å². The lowest BCUT2D eigenvalue weighted by Crippen LogP contribution is -2.38. The predicted molar refractivity (Wildman–Crippen MR) is 76.9 cm³/mol. The van der Waals surface area contributed by atoms with Gasteiger partial charge in [-0.05, 0) is 42.8 Å². The minimum absolute atomic E-state index is 0.139. The van der Waals surface area contributed by atoms with Gasteiger partial charge in [0, 0.05) is 11.6 Å². The van der Waals surface area contributed by atoms with Crippen LogP contribution in [0.2, 0.25) is 0 Å². The quantitative estimate of drug-likeness (QED) is 0.641. The number of hydrogen-bond donors (Lipinski definition) is 1. The Kier molecular flexibility index (Phi) is 3.94. The third-order valence-electron chi connectivity index (χ3n) is 2.16. The van der Waals surface area contributed by atoms with Crippen molar-refractivity contribution < 1.29 is 13.6 Å². The third kappa shape index (κ3) is 3.05. The van der Waals surface area contributed by atoms with Crippen molar-refractivity contribution in [1.29, 1.82) is 0 Å². The number of fused-ring (bicyclic) bond motifs is 1. The van der Waals surface area contributed by atoms with E-state index in [1.54, 1.807) is 20.8 Å². The van der Waals surface area contributed by atoms with E-state index < -0.39 is 22.2 Å². The number of nitrogens with zero attached hydrogens (tertiary/aromatic N) is 3. The summed E-state index contributed by atoms with van der Waals surface area (Å²) in [5.41, 5.74) is -0.942. The van der Waals surface area contributed by atoms with E-state index in [9.17, 15) is 9.00 Å². The first-order valence-corrected chi connectivity index (χ1v) is 7.48. The number of rotatable bonds is 2. The molecular weight excluding hydrogens is 350 g/mol.